The number of likely N-dealkylation sites (tertiary alicyclic amines) is 1. The predicted octanol–water partition coefficient (Wildman–Crippen LogP) is 0.00750. The molecule has 0 aromatic heterocycles. The van der Waals surface area contributed by atoms with Gasteiger partial charge in [0.2, 0.25) is 0 Å². The van der Waals surface area contributed by atoms with Gasteiger partial charge in [0.1, 0.15) is 0 Å². The largest absolute Gasteiger partial charge is 0.459 e. The molecule has 92 valence electrons. The Labute approximate surface area is 96.1 Å². The molecule has 0 aromatic rings. The van der Waals surface area contributed by atoms with E-state index in [1.54, 1.807) is 11.8 Å². The number of piperidine rings is 1. The highest BCUT2D eigenvalue weighted by Crippen LogP contribution is 2.15. The third kappa shape index (κ3) is 3.48. The van der Waals surface area contributed by atoms with Crippen molar-refractivity contribution in [1.29, 1.82) is 0 Å². The third-order valence-electron chi connectivity index (χ3n) is 2.75. The first-order valence-electron chi connectivity index (χ1n) is 5.79. The van der Waals surface area contributed by atoms with E-state index in [0.717, 1.165) is 19.4 Å². The van der Waals surface area contributed by atoms with Gasteiger partial charge < -0.3 is 15.0 Å². The Morgan fingerprint density at radius 2 is 2.25 bits per heavy atom. The van der Waals surface area contributed by atoms with Crippen LogP contribution in [0, 0.1) is 5.92 Å². The SMILES string of the molecule is CCOC(=O)C(=O)N1CCCC(CNC)C1. The number of nitrogens with zero attached hydrogens (tertiary/aromatic N) is 1. The van der Waals surface area contributed by atoms with Gasteiger partial charge in [-0.2, -0.15) is 0 Å². The first-order valence-corrected chi connectivity index (χ1v) is 5.79. The summed E-state index contributed by atoms with van der Waals surface area (Å²) in [7, 11) is 1.89. The minimum atomic E-state index is -0.729. The zero-order valence-corrected chi connectivity index (χ0v) is 9.99. The Morgan fingerprint density at radius 1 is 1.50 bits per heavy atom. The maximum Gasteiger partial charge on any atom is 0.397 e. The molecule has 1 N–H and O–H groups in total. The Bertz CT molecular complexity index is 254. The van der Waals surface area contributed by atoms with Crippen molar-refractivity contribution in [3.8, 4) is 0 Å². The van der Waals surface area contributed by atoms with Crippen LogP contribution in [-0.4, -0.2) is 50.1 Å². The number of nitrogens with one attached hydrogen (secondary N) is 1. The lowest BCUT2D eigenvalue weighted by molar-refractivity contribution is -0.160. The number of hydrogen-bond acceptors (Lipinski definition) is 4. The first kappa shape index (κ1) is 13.0. The van der Waals surface area contributed by atoms with E-state index in [-0.39, 0.29) is 6.61 Å². The fourth-order valence-corrected chi connectivity index (χ4v) is 2.03. The fourth-order valence-electron chi connectivity index (χ4n) is 2.03. The van der Waals surface area contributed by atoms with Crippen molar-refractivity contribution in [2.75, 3.05) is 33.3 Å². The van der Waals surface area contributed by atoms with Crippen molar-refractivity contribution in [3.05, 3.63) is 0 Å². The highest BCUT2D eigenvalue weighted by molar-refractivity contribution is 6.32. The zero-order valence-electron chi connectivity index (χ0n) is 9.99. The number of esters is 1. The Kier molecular flexibility index (Phi) is 5.25. The number of hydrogen-bond donors (Lipinski definition) is 1. The van der Waals surface area contributed by atoms with Crippen LogP contribution in [0.5, 0.6) is 0 Å². The van der Waals surface area contributed by atoms with Crippen molar-refractivity contribution in [2.45, 2.75) is 19.8 Å². The van der Waals surface area contributed by atoms with Gasteiger partial charge in [-0.05, 0) is 39.3 Å². The molecule has 5 nitrogen and oxygen atoms in total. The van der Waals surface area contributed by atoms with Gasteiger partial charge in [0.15, 0.2) is 0 Å². The standard InChI is InChI=1S/C11H20N2O3/c1-3-16-11(15)10(14)13-6-4-5-9(8-13)7-12-2/h9,12H,3-8H2,1-2H3. The van der Waals surface area contributed by atoms with E-state index >= 15 is 0 Å². The smallest absolute Gasteiger partial charge is 0.397 e. The average Bonchev–Trinajstić information content (AvgIpc) is 2.29. The predicted molar refractivity (Wildman–Crippen MR) is 59.9 cm³/mol. The molecule has 1 unspecified atom stereocenters. The summed E-state index contributed by atoms with van der Waals surface area (Å²) in [4.78, 5) is 24.5. The van der Waals surface area contributed by atoms with Crippen LogP contribution in [-0.2, 0) is 14.3 Å². The second-order valence-corrected chi connectivity index (χ2v) is 4.04. The number of rotatable bonds is 3. The van der Waals surface area contributed by atoms with Crippen molar-refractivity contribution in [1.82, 2.24) is 10.2 Å². The van der Waals surface area contributed by atoms with Crippen LogP contribution < -0.4 is 5.32 Å². The lowest BCUT2D eigenvalue weighted by Crippen LogP contribution is -2.45. The molecule has 0 aromatic carbocycles. The molecule has 1 amide bonds. The van der Waals surface area contributed by atoms with Gasteiger partial charge in [0, 0.05) is 13.1 Å². The summed E-state index contributed by atoms with van der Waals surface area (Å²) in [5.41, 5.74) is 0. The van der Waals surface area contributed by atoms with Crippen LogP contribution in [0.15, 0.2) is 0 Å². The van der Waals surface area contributed by atoms with Gasteiger partial charge in [-0.3, -0.25) is 4.79 Å². The van der Waals surface area contributed by atoms with Gasteiger partial charge in [0.25, 0.3) is 0 Å². The highest BCUT2D eigenvalue weighted by Gasteiger charge is 2.28. The van der Waals surface area contributed by atoms with Gasteiger partial charge in [0.05, 0.1) is 6.61 Å². The summed E-state index contributed by atoms with van der Waals surface area (Å²) in [6, 6.07) is 0. The molecule has 0 saturated carbocycles. The minimum Gasteiger partial charge on any atom is -0.459 e. The molecular formula is C11H20N2O3. The molecule has 1 aliphatic heterocycles. The molecule has 0 radical (unpaired) electrons. The van der Waals surface area contributed by atoms with Crippen LogP contribution in [0.3, 0.4) is 0 Å². The van der Waals surface area contributed by atoms with E-state index in [1.807, 2.05) is 7.05 Å². The maximum absolute atomic E-state index is 11.7. The number of carbonyl (C=O) groups is 2. The van der Waals surface area contributed by atoms with E-state index in [9.17, 15) is 9.59 Å². The van der Waals surface area contributed by atoms with Crippen LogP contribution in [0.1, 0.15) is 19.8 Å². The molecule has 0 bridgehead atoms. The second-order valence-electron chi connectivity index (χ2n) is 4.04. The molecule has 0 aliphatic carbocycles. The van der Waals surface area contributed by atoms with Crippen LogP contribution >= 0.6 is 0 Å². The lowest BCUT2D eigenvalue weighted by atomic mass is 9.98. The Morgan fingerprint density at radius 3 is 2.88 bits per heavy atom. The van der Waals surface area contributed by atoms with Crippen molar-refractivity contribution in [3.63, 3.8) is 0 Å². The molecule has 16 heavy (non-hydrogen) atoms. The summed E-state index contributed by atoms with van der Waals surface area (Å²) in [6.07, 6.45) is 2.06. The molecule has 1 rings (SSSR count). The monoisotopic (exact) mass is 228 g/mol. The van der Waals surface area contributed by atoms with Gasteiger partial charge >= 0.3 is 11.9 Å². The van der Waals surface area contributed by atoms with Crippen LogP contribution in [0.25, 0.3) is 0 Å². The summed E-state index contributed by atoms with van der Waals surface area (Å²) in [5.74, 6) is -0.785. The number of ether oxygens (including phenoxy) is 1. The fraction of sp³-hybridized carbons (Fsp3) is 0.818. The van der Waals surface area contributed by atoms with Crippen molar-refractivity contribution < 1.29 is 14.3 Å². The molecule has 1 aliphatic rings. The topological polar surface area (TPSA) is 58.6 Å². The maximum atomic E-state index is 11.7. The van der Waals surface area contributed by atoms with E-state index in [1.165, 1.54) is 0 Å². The zero-order chi connectivity index (χ0) is 12.0. The van der Waals surface area contributed by atoms with Crippen molar-refractivity contribution in [2.24, 2.45) is 5.92 Å². The summed E-state index contributed by atoms with van der Waals surface area (Å²) < 4.78 is 4.71. The Hall–Kier alpha value is -1.10. The second kappa shape index (κ2) is 6.48. The minimum absolute atomic E-state index is 0.248. The molecular weight excluding hydrogens is 208 g/mol. The van der Waals surface area contributed by atoms with E-state index in [0.29, 0.717) is 19.0 Å². The van der Waals surface area contributed by atoms with E-state index in [2.05, 4.69) is 5.32 Å². The Balaban J connectivity index is 2.46. The highest BCUT2D eigenvalue weighted by atomic mass is 16.5. The number of amides is 1. The molecule has 1 heterocycles. The summed E-state index contributed by atoms with van der Waals surface area (Å²) in [5, 5.41) is 3.10. The summed E-state index contributed by atoms with van der Waals surface area (Å²) >= 11 is 0. The average molecular weight is 228 g/mol. The summed E-state index contributed by atoms with van der Waals surface area (Å²) in [6.45, 7) is 4.15. The quantitative estimate of drug-likeness (QED) is 0.546. The van der Waals surface area contributed by atoms with Crippen molar-refractivity contribution >= 4 is 11.9 Å². The van der Waals surface area contributed by atoms with Gasteiger partial charge in [-0.1, -0.05) is 0 Å². The molecule has 1 atom stereocenters. The molecule has 1 saturated heterocycles. The number of carbonyl (C=O) groups excluding carboxylic acids is 2. The molecule has 0 spiro atoms. The molecule has 1 fully saturated rings. The first-order chi connectivity index (χ1) is 7.69. The lowest BCUT2D eigenvalue weighted by Gasteiger charge is -2.31. The normalized spacial score (nSPS) is 20.6. The third-order valence-corrected chi connectivity index (χ3v) is 2.75. The molecule has 5 heteroatoms. The van der Waals surface area contributed by atoms with E-state index < -0.39 is 11.9 Å². The van der Waals surface area contributed by atoms with Crippen LogP contribution in [0.2, 0.25) is 0 Å². The van der Waals surface area contributed by atoms with Gasteiger partial charge in [-0.15, -0.1) is 0 Å². The van der Waals surface area contributed by atoms with Crippen LogP contribution in [0.4, 0.5) is 0 Å². The van der Waals surface area contributed by atoms with Gasteiger partial charge in [-0.25, -0.2) is 4.79 Å². The van der Waals surface area contributed by atoms with E-state index in [4.69, 9.17) is 4.74 Å².